The molecule has 0 radical (unpaired) electrons. The van der Waals surface area contributed by atoms with Crippen LogP contribution in [0, 0.1) is 17.0 Å². The molecule has 1 aromatic heterocycles. The van der Waals surface area contributed by atoms with Gasteiger partial charge in [0, 0.05) is 27.1 Å². The Morgan fingerprint density at radius 1 is 1.35 bits per heavy atom. The summed E-state index contributed by atoms with van der Waals surface area (Å²) in [4.78, 5) is 13.2. The normalized spacial score (nSPS) is 12.2. The third kappa shape index (κ3) is 3.17. The number of nitro benzene ring substituents is 1. The Balaban J connectivity index is 2.17. The predicted molar refractivity (Wildman–Crippen MR) is 83.6 cm³/mol. The first-order valence-corrected chi connectivity index (χ1v) is 7.43. The maximum Gasteiger partial charge on any atom is 0.274 e. The summed E-state index contributed by atoms with van der Waals surface area (Å²) in [5, 5.41) is 14.3. The maximum absolute atomic E-state index is 11.0. The van der Waals surface area contributed by atoms with Gasteiger partial charge in [-0.15, -0.1) is 11.3 Å². The highest BCUT2D eigenvalue weighted by atomic mass is 32.1. The monoisotopic (exact) mass is 290 g/mol. The lowest BCUT2D eigenvalue weighted by Gasteiger charge is -2.14. The van der Waals surface area contributed by atoms with Crippen LogP contribution in [0.3, 0.4) is 0 Å². The van der Waals surface area contributed by atoms with Gasteiger partial charge in [-0.3, -0.25) is 10.1 Å². The molecule has 2 aromatic rings. The molecular formula is C15H18N2O2S. The molecule has 4 nitrogen and oxygen atoms in total. The SMILES string of the molecule is CCc1ccc(C(C)Nc2ccc(C)c([N+](=O)[O-])c2)s1. The van der Waals surface area contributed by atoms with Gasteiger partial charge < -0.3 is 5.32 Å². The van der Waals surface area contributed by atoms with E-state index in [1.54, 1.807) is 30.4 Å². The maximum atomic E-state index is 11.0. The van der Waals surface area contributed by atoms with Crippen LogP contribution in [0.1, 0.15) is 35.2 Å². The van der Waals surface area contributed by atoms with Gasteiger partial charge in [0.25, 0.3) is 5.69 Å². The number of aryl methyl sites for hydroxylation is 2. The number of nitrogens with zero attached hydrogens (tertiary/aromatic N) is 1. The largest absolute Gasteiger partial charge is 0.378 e. The van der Waals surface area contributed by atoms with E-state index in [9.17, 15) is 10.1 Å². The molecule has 0 aliphatic rings. The van der Waals surface area contributed by atoms with Crippen molar-refractivity contribution in [1.82, 2.24) is 0 Å². The van der Waals surface area contributed by atoms with Crippen LogP contribution in [-0.2, 0) is 6.42 Å². The molecule has 106 valence electrons. The quantitative estimate of drug-likeness (QED) is 0.641. The Morgan fingerprint density at radius 2 is 2.10 bits per heavy atom. The minimum absolute atomic E-state index is 0.141. The number of benzene rings is 1. The van der Waals surface area contributed by atoms with E-state index < -0.39 is 0 Å². The van der Waals surface area contributed by atoms with Gasteiger partial charge in [-0.25, -0.2) is 0 Å². The zero-order chi connectivity index (χ0) is 14.7. The predicted octanol–water partition coefficient (Wildman–Crippen LogP) is 4.70. The van der Waals surface area contributed by atoms with Crippen molar-refractivity contribution in [2.45, 2.75) is 33.2 Å². The standard InChI is InChI=1S/C15H18N2O2S/c1-4-13-7-8-15(20-13)11(3)16-12-6-5-10(2)14(9-12)17(18)19/h5-9,11,16H,4H2,1-3H3. The fraction of sp³-hybridized carbons (Fsp3) is 0.333. The molecular weight excluding hydrogens is 272 g/mol. The van der Waals surface area contributed by atoms with Gasteiger partial charge in [0.15, 0.2) is 0 Å². The van der Waals surface area contributed by atoms with E-state index in [1.807, 2.05) is 6.07 Å². The molecule has 1 heterocycles. The molecule has 0 amide bonds. The van der Waals surface area contributed by atoms with E-state index in [0.29, 0.717) is 5.56 Å². The highest BCUT2D eigenvalue weighted by molar-refractivity contribution is 7.12. The molecule has 20 heavy (non-hydrogen) atoms. The van der Waals surface area contributed by atoms with Gasteiger partial charge in [0.1, 0.15) is 0 Å². The van der Waals surface area contributed by atoms with Crippen molar-refractivity contribution in [3.63, 3.8) is 0 Å². The van der Waals surface area contributed by atoms with Crippen molar-refractivity contribution in [2.24, 2.45) is 0 Å². The number of anilines is 1. The van der Waals surface area contributed by atoms with Crippen LogP contribution in [-0.4, -0.2) is 4.92 Å². The van der Waals surface area contributed by atoms with E-state index in [4.69, 9.17) is 0 Å². The van der Waals surface area contributed by atoms with Gasteiger partial charge in [-0.1, -0.05) is 13.0 Å². The second-order valence-electron chi connectivity index (χ2n) is 4.78. The molecule has 0 saturated heterocycles. The number of nitrogens with one attached hydrogen (secondary N) is 1. The van der Waals surface area contributed by atoms with Gasteiger partial charge in [0.2, 0.25) is 0 Å². The summed E-state index contributed by atoms with van der Waals surface area (Å²) in [5.41, 5.74) is 1.61. The minimum Gasteiger partial charge on any atom is -0.378 e. The summed E-state index contributed by atoms with van der Waals surface area (Å²) in [7, 11) is 0. The zero-order valence-corrected chi connectivity index (χ0v) is 12.7. The molecule has 1 unspecified atom stereocenters. The molecule has 0 saturated carbocycles. The van der Waals surface area contributed by atoms with Crippen molar-refractivity contribution in [1.29, 1.82) is 0 Å². The van der Waals surface area contributed by atoms with E-state index in [0.717, 1.165) is 12.1 Å². The molecule has 0 spiro atoms. The van der Waals surface area contributed by atoms with Crippen molar-refractivity contribution in [3.05, 3.63) is 55.8 Å². The minimum atomic E-state index is -0.342. The van der Waals surface area contributed by atoms with Crippen LogP contribution in [0.15, 0.2) is 30.3 Å². The molecule has 0 aliphatic heterocycles. The Hall–Kier alpha value is -1.88. The summed E-state index contributed by atoms with van der Waals surface area (Å²) in [6.45, 7) is 5.95. The van der Waals surface area contributed by atoms with E-state index >= 15 is 0 Å². The van der Waals surface area contributed by atoms with Crippen molar-refractivity contribution in [2.75, 3.05) is 5.32 Å². The molecule has 2 rings (SSSR count). The van der Waals surface area contributed by atoms with Gasteiger partial charge in [0.05, 0.1) is 11.0 Å². The molecule has 1 N–H and O–H groups in total. The summed E-state index contributed by atoms with van der Waals surface area (Å²) in [5.74, 6) is 0. The summed E-state index contributed by atoms with van der Waals surface area (Å²) >= 11 is 1.78. The van der Waals surface area contributed by atoms with E-state index in [-0.39, 0.29) is 16.7 Å². The third-order valence-corrected chi connectivity index (χ3v) is 4.66. The van der Waals surface area contributed by atoms with E-state index in [2.05, 4.69) is 31.3 Å². The highest BCUT2D eigenvalue weighted by Gasteiger charge is 2.13. The Bertz CT molecular complexity index is 622. The molecule has 1 atom stereocenters. The Labute approximate surface area is 122 Å². The number of thiophene rings is 1. The average Bonchev–Trinajstić information content (AvgIpc) is 2.89. The number of hydrogen-bond donors (Lipinski definition) is 1. The molecule has 0 fully saturated rings. The Morgan fingerprint density at radius 3 is 2.70 bits per heavy atom. The first kappa shape index (κ1) is 14.5. The highest BCUT2D eigenvalue weighted by Crippen LogP contribution is 2.29. The lowest BCUT2D eigenvalue weighted by Crippen LogP contribution is -2.05. The number of rotatable bonds is 5. The smallest absolute Gasteiger partial charge is 0.274 e. The second kappa shape index (κ2) is 6.05. The lowest BCUT2D eigenvalue weighted by atomic mass is 10.1. The van der Waals surface area contributed by atoms with Crippen LogP contribution in [0.2, 0.25) is 0 Å². The summed E-state index contributed by atoms with van der Waals surface area (Å²) < 4.78 is 0. The van der Waals surface area contributed by atoms with Crippen LogP contribution in [0.5, 0.6) is 0 Å². The van der Waals surface area contributed by atoms with Gasteiger partial charge in [-0.2, -0.15) is 0 Å². The molecule has 1 aromatic carbocycles. The van der Waals surface area contributed by atoms with Crippen LogP contribution in [0.25, 0.3) is 0 Å². The average molecular weight is 290 g/mol. The van der Waals surface area contributed by atoms with Crippen molar-refractivity contribution in [3.8, 4) is 0 Å². The first-order chi connectivity index (χ1) is 9.51. The fourth-order valence-corrected chi connectivity index (χ4v) is 2.99. The first-order valence-electron chi connectivity index (χ1n) is 6.61. The number of hydrogen-bond acceptors (Lipinski definition) is 4. The van der Waals surface area contributed by atoms with Gasteiger partial charge >= 0.3 is 0 Å². The molecule has 0 aliphatic carbocycles. The van der Waals surface area contributed by atoms with Crippen LogP contribution >= 0.6 is 11.3 Å². The summed E-state index contributed by atoms with van der Waals surface area (Å²) in [6, 6.07) is 9.65. The van der Waals surface area contributed by atoms with Crippen molar-refractivity contribution >= 4 is 22.7 Å². The lowest BCUT2D eigenvalue weighted by molar-refractivity contribution is -0.385. The van der Waals surface area contributed by atoms with Crippen LogP contribution in [0.4, 0.5) is 11.4 Å². The fourth-order valence-electron chi connectivity index (χ4n) is 2.03. The molecule has 0 bridgehead atoms. The van der Waals surface area contributed by atoms with Crippen molar-refractivity contribution < 1.29 is 4.92 Å². The zero-order valence-electron chi connectivity index (χ0n) is 11.8. The second-order valence-corrected chi connectivity index (χ2v) is 5.98. The topological polar surface area (TPSA) is 55.2 Å². The third-order valence-electron chi connectivity index (χ3n) is 3.25. The Kier molecular flexibility index (Phi) is 4.39. The molecule has 5 heteroatoms. The number of nitro groups is 1. The van der Waals surface area contributed by atoms with Crippen LogP contribution < -0.4 is 5.32 Å². The summed E-state index contributed by atoms with van der Waals surface area (Å²) in [6.07, 6.45) is 1.04. The van der Waals surface area contributed by atoms with E-state index in [1.165, 1.54) is 9.75 Å². The van der Waals surface area contributed by atoms with Gasteiger partial charge in [-0.05, 0) is 38.5 Å².